The van der Waals surface area contributed by atoms with Crippen LogP contribution >= 0.6 is 0 Å². The molecule has 0 atom stereocenters. The van der Waals surface area contributed by atoms with Crippen molar-refractivity contribution in [2.75, 3.05) is 12.0 Å². The molecule has 0 N–H and O–H groups in total. The lowest BCUT2D eigenvalue weighted by Gasteiger charge is -2.32. The Morgan fingerprint density at radius 2 is 1.62 bits per heavy atom. The van der Waals surface area contributed by atoms with Gasteiger partial charge in [-0.25, -0.2) is 0 Å². The summed E-state index contributed by atoms with van der Waals surface area (Å²) in [6.45, 7) is 0.851. The van der Waals surface area contributed by atoms with Gasteiger partial charge in [0.25, 0.3) is 0 Å². The number of anilines is 1. The molecule has 2 nitrogen and oxygen atoms in total. The zero-order valence-electron chi connectivity index (χ0n) is 13.6. The lowest BCUT2D eigenvalue weighted by molar-refractivity contribution is 0.415. The summed E-state index contributed by atoms with van der Waals surface area (Å²) < 4.78 is 5.41. The molecule has 24 heavy (non-hydrogen) atoms. The van der Waals surface area contributed by atoms with Crippen LogP contribution < -0.4 is 9.64 Å². The molecule has 0 amide bonds. The molecule has 0 saturated heterocycles. The highest BCUT2D eigenvalue weighted by Gasteiger charge is 2.20. The van der Waals surface area contributed by atoms with Crippen molar-refractivity contribution < 1.29 is 4.74 Å². The van der Waals surface area contributed by atoms with Crippen LogP contribution in [0.1, 0.15) is 16.7 Å². The molecule has 0 aromatic heterocycles. The van der Waals surface area contributed by atoms with E-state index in [1.165, 1.54) is 22.4 Å². The lowest BCUT2D eigenvalue weighted by Crippen LogP contribution is -2.24. The Balaban J connectivity index is 1.85. The van der Waals surface area contributed by atoms with Gasteiger partial charge in [0, 0.05) is 24.0 Å². The average Bonchev–Trinajstić information content (AvgIpc) is 2.67. The van der Waals surface area contributed by atoms with Gasteiger partial charge in [-0.1, -0.05) is 60.7 Å². The van der Waals surface area contributed by atoms with E-state index in [4.69, 9.17) is 4.74 Å². The van der Waals surface area contributed by atoms with E-state index >= 15 is 0 Å². The fourth-order valence-corrected chi connectivity index (χ4v) is 3.16. The molecule has 3 aromatic rings. The third-order valence-electron chi connectivity index (χ3n) is 4.40. The fourth-order valence-electron chi connectivity index (χ4n) is 3.16. The molecule has 0 unspecified atom stereocenters. The van der Waals surface area contributed by atoms with Crippen molar-refractivity contribution in [1.29, 1.82) is 0 Å². The predicted octanol–water partition coefficient (Wildman–Crippen LogP) is 5.21. The first-order chi connectivity index (χ1) is 11.8. The van der Waals surface area contributed by atoms with Gasteiger partial charge in [-0.3, -0.25) is 0 Å². The molecule has 1 heterocycles. The summed E-state index contributed by atoms with van der Waals surface area (Å²) in [5, 5.41) is 0. The van der Waals surface area contributed by atoms with E-state index in [-0.39, 0.29) is 0 Å². The molecule has 3 aromatic carbocycles. The number of hydrogen-bond acceptors (Lipinski definition) is 2. The summed E-state index contributed by atoms with van der Waals surface area (Å²) in [7, 11) is 1.71. The molecule has 1 aliphatic rings. The topological polar surface area (TPSA) is 12.5 Å². The molecular weight excluding hydrogens is 294 g/mol. The predicted molar refractivity (Wildman–Crippen MR) is 99.9 cm³/mol. The highest BCUT2D eigenvalue weighted by Crippen LogP contribution is 2.36. The monoisotopic (exact) mass is 313 g/mol. The van der Waals surface area contributed by atoms with Crippen molar-refractivity contribution in [2.24, 2.45) is 0 Å². The number of rotatable bonds is 3. The second-order valence-corrected chi connectivity index (χ2v) is 5.88. The van der Waals surface area contributed by atoms with E-state index in [2.05, 4.69) is 77.7 Å². The van der Waals surface area contributed by atoms with Crippen LogP contribution in [0.15, 0.2) is 78.9 Å². The second kappa shape index (κ2) is 6.25. The van der Waals surface area contributed by atoms with E-state index in [9.17, 15) is 0 Å². The highest BCUT2D eigenvalue weighted by molar-refractivity contribution is 5.92. The first-order valence-electron chi connectivity index (χ1n) is 8.12. The SMILES string of the molecule is COc1cccc(N2Cc3ccccc3C=C2c2ccccc2)c1. The van der Waals surface area contributed by atoms with Crippen molar-refractivity contribution in [2.45, 2.75) is 6.54 Å². The minimum atomic E-state index is 0.851. The number of methoxy groups -OCH3 is 1. The maximum atomic E-state index is 5.41. The highest BCUT2D eigenvalue weighted by atomic mass is 16.5. The Kier molecular flexibility index (Phi) is 3.80. The van der Waals surface area contributed by atoms with Gasteiger partial charge in [0.2, 0.25) is 0 Å². The second-order valence-electron chi connectivity index (χ2n) is 5.88. The van der Waals surface area contributed by atoms with Crippen LogP contribution in [0.25, 0.3) is 11.8 Å². The lowest BCUT2D eigenvalue weighted by atomic mass is 9.97. The normalized spacial score (nSPS) is 13.2. The van der Waals surface area contributed by atoms with Crippen molar-refractivity contribution in [1.82, 2.24) is 0 Å². The number of hydrogen-bond donors (Lipinski definition) is 0. The summed E-state index contributed by atoms with van der Waals surface area (Å²) in [4.78, 5) is 2.35. The van der Waals surface area contributed by atoms with E-state index in [0.29, 0.717) is 0 Å². The van der Waals surface area contributed by atoms with E-state index in [0.717, 1.165) is 18.0 Å². The summed E-state index contributed by atoms with van der Waals surface area (Å²) in [6, 6.07) is 27.4. The third kappa shape index (κ3) is 2.67. The van der Waals surface area contributed by atoms with Gasteiger partial charge in [0.05, 0.1) is 7.11 Å². The maximum Gasteiger partial charge on any atom is 0.120 e. The zero-order valence-corrected chi connectivity index (χ0v) is 13.6. The summed E-state index contributed by atoms with van der Waals surface area (Å²) in [6.07, 6.45) is 2.27. The maximum absolute atomic E-state index is 5.41. The van der Waals surface area contributed by atoms with E-state index < -0.39 is 0 Å². The smallest absolute Gasteiger partial charge is 0.120 e. The molecule has 1 aliphatic heterocycles. The van der Waals surface area contributed by atoms with Gasteiger partial charge in [0.1, 0.15) is 5.75 Å². The minimum Gasteiger partial charge on any atom is -0.497 e. The first-order valence-corrected chi connectivity index (χ1v) is 8.12. The van der Waals surface area contributed by atoms with Gasteiger partial charge < -0.3 is 9.64 Å². The van der Waals surface area contributed by atoms with Crippen molar-refractivity contribution in [3.63, 3.8) is 0 Å². The van der Waals surface area contributed by atoms with E-state index in [1.807, 2.05) is 12.1 Å². The molecule has 4 rings (SSSR count). The molecular formula is C22H19NO. The Bertz CT molecular complexity index is 883. The molecule has 0 saturated carbocycles. The summed E-state index contributed by atoms with van der Waals surface area (Å²) in [5.74, 6) is 0.874. The third-order valence-corrected chi connectivity index (χ3v) is 4.40. The molecule has 2 heteroatoms. The molecule has 0 aliphatic carbocycles. The Labute approximate surface area is 142 Å². The number of benzene rings is 3. The van der Waals surface area contributed by atoms with Gasteiger partial charge in [-0.2, -0.15) is 0 Å². The van der Waals surface area contributed by atoms with Gasteiger partial charge in [0.15, 0.2) is 0 Å². The van der Waals surface area contributed by atoms with Crippen LogP contribution in [0.3, 0.4) is 0 Å². The molecule has 118 valence electrons. The van der Waals surface area contributed by atoms with Crippen LogP contribution in [-0.2, 0) is 6.54 Å². The molecule has 0 radical (unpaired) electrons. The van der Waals surface area contributed by atoms with E-state index in [1.54, 1.807) is 7.11 Å². The summed E-state index contributed by atoms with van der Waals surface area (Å²) in [5.41, 5.74) is 6.19. The largest absolute Gasteiger partial charge is 0.497 e. The van der Waals surface area contributed by atoms with Gasteiger partial charge in [-0.05, 0) is 34.9 Å². The van der Waals surface area contributed by atoms with Gasteiger partial charge in [-0.15, -0.1) is 0 Å². The number of nitrogens with zero attached hydrogens (tertiary/aromatic N) is 1. The number of fused-ring (bicyclic) bond motifs is 1. The quantitative estimate of drug-likeness (QED) is 0.658. The van der Waals surface area contributed by atoms with Crippen LogP contribution in [0.2, 0.25) is 0 Å². The molecule has 0 bridgehead atoms. The Morgan fingerprint density at radius 3 is 2.46 bits per heavy atom. The minimum absolute atomic E-state index is 0.851. The molecule has 0 fully saturated rings. The average molecular weight is 313 g/mol. The fraction of sp³-hybridized carbons (Fsp3) is 0.0909. The van der Waals surface area contributed by atoms with Gasteiger partial charge >= 0.3 is 0 Å². The van der Waals surface area contributed by atoms with Crippen LogP contribution in [-0.4, -0.2) is 7.11 Å². The van der Waals surface area contributed by atoms with Crippen LogP contribution in [0.4, 0.5) is 5.69 Å². The number of ether oxygens (including phenoxy) is 1. The first kappa shape index (κ1) is 14.6. The standard InChI is InChI=1S/C22H19NO/c1-24-21-13-7-12-20(15-21)23-16-19-11-6-5-10-18(19)14-22(23)17-8-3-2-4-9-17/h2-15H,16H2,1H3. The Morgan fingerprint density at radius 1 is 0.833 bits per heavy atom. The molecule has 0 spiro atoms. The van der Waals surface area contributed by atoms with Crippen LogP contribution in [0, 0.1) is 0 Å². The van der Waals surface area contributed by atoms with Crippen molar-refractivity contribution in [3.05, 3.63) is 95.6 Å². The van der Waals surface area contributed by atoms with Crippen molar-refractivity contribution >= 4 is 17.5 Å². The Hall–Kier alpha value is -3.00. The summed E-state index contributed by atoms with van der Waals surface area (Å²) >= 11 is 0. The zero-order chi connectivity index (χ0) is 16.4. The van der Waals surface area contributed by atoms with Crippen molar-refractivity contribution in [3.8, 4) is 5.75 Å². The van der Waals surface area contributed by atoms with Crippen LogP contribution in [0.5, 0.6) is 5.75 Å².